The van der Waals surface area contributed by atoms with Crippen molar-refractivity contribution in [2.45, 2.75) is 49.7 Å². The number of rotatable bonds is 6. The van der Waals surface area contributed by atoms with E-state index in [1.807, 2.05) is 12.1 Å². The van der Waals surface area contributed by atoms with Gasteiger partial charge in [0.05, 0.1) is 17.2 Å². The molecular weight excluding hydrogens is 566 g/mol. The van der Waals surface area contributed by atoms with Gasteiger partial charge in [0.15, 0.2) is 11.5 Å². The average molecular weight is 592 g/mol. The minimum atomic E-state index is -4.69. The number of alkyl halides is 3. The predicted octanol–water partition coefficient (Wildman–Crippen LogP) is 6.32. The van der Waals surface area contributed by atoms with Crippen LogP contribution in [0.4, 0.5) is 13.2 Å². The number of nitrogens with zero attached hydrogens (tertiary/aromatic N) is 2. The lowest BCUT2D eigenvalue weighted by Gasteiger charge is -2.24. The molecule has 2 unspecified atom stereocenters. The molecule has 2 aromatic carbocycles. The van der Waals surface area contributed by atoms with E-state index in [-0.39, 0.29) is 34.6 Å². The first-order valence-electron chi connectivity index (χ1n) is 12.6. The Bertz CT molecular complexity index is 1620. The second kappa shape index (κ2) is 9.90. The largest absolute Gasteiger partial charge is 0.469 e. The van der Waals surface area contributed by atoms with Crippen molar-refractivity contribution < 1.29 is 36.6 Å². The number of hydrogen-bond acceptors (Lipinski definition) is 7. The quantitative estimate of drug-likeness (QED) is 0.222. The first kappa shape index (κ1) is 27.3. The van der Waals surface area contributed by atoms with Gasteiger partial charge in [-0.25, -0.2) is 9.55 Å². The van der Waals surface area contributed by atoms with Crippen LogP contribution >= 0.6 is 19.2 Å². The van der Waals surface area contributed by atoms with Gasteiger partial charge in [0.25, 0.3) is 0 Å². The lowest BCUT2D eigenvalue weighted by atomic mass is 9.87. The molecule has 210 valence electrons. The van der Waals surface area contributed by atoms with E-state index in [1.54, 1.807) is 30.3 Å². The van der Waals surface area contributed by atoms with Gasteiger partial charge in [-0.1, -0.05) is 53.7 Å². The van der Waals surface area contributed by atoms with Crippen LogP contribution in [0.3, 0.4) is 0 Å². The molecule has 2 aliphatic rings. The normalized spacial score (nSPS) is 20.9. The van der Waals surface area contributed by atoms with Crippen molar-refractivity contribution in [1.82, 2.24) is 10.1 Å². The highest BCUT2D eigenvalue weighted by molar-refractivity contribution is 7.46. The third kappa shape index (κ3) is 5.27. The maximum atomic E-state index is 14.2. The van der Waals surface area contributed by atoms with Gasteiger partial charge in [-0.3, -0.25) is 4.52 Å². The van der Waals surface area contributed by atoms with E-state index in [4.69, 9.17) is 20.0 Å². The van der Waals surface area contributed by atoms with Crippen molar-refractivity contribution >= 4 is 19.2 Å². The van der Waals surface area contributed by atoms with E-state index < -0.39 is 25.1 Å². The van der Waals surface area contributed by atoms with Crippen LogP contribution in [-0.2, 0) is 28.1 Å². The van der Waals surface area contributed by atoms with Gasteiger partial charge in [0.1, 0.15) is 10.6 Å². The molecule has 4 N–H and O–H groups in total. The zero-order chi connectivity index (χ0) is 28.3. The molecule has 13 heteroatoms. The fraction of sp³-hybridized carbons (Fsp3) is 0.333. The van der Waals surface area contributed by atoms with Crippen LogP contribution in [0, 0.1) is 0 Å². The summed E-state index contributed by atoms with van der Waals surface area (Å²) in [6.07, 6.45) is -1.57. The van der Waals surface area contributed by atoms with Crippen molar-refractivity contribution in [2.24, 2.45) is 5.73 Å². The minimum absolute atomic E-state index is 0.106. The van der Waals surface area contributed by atoms with Crippen LogP contribution in [-0.4, -0.2) is 32.1 Å². The standard InChI is InChI=1S/C27H25F3N3O5PS/c28-27(29,30)21-22(33-38-23(21)15-4-2-1-3-5-15)25-32-20-9-7-17-12-16(6-8-19(17)24(20)40-25)18-10-11-26(31,13-18)14-37-39(34,35)36/h1-6,8,12,18H,7,9-11,13-14,31H2,(H2,34,35,36). The lowest BCUT2D eigenvalue weighted by molar-refractivity contribution is -0.136. The Balaban J connectivity index is 1.29. The molecule has 1 saturated carbocycles. The molecule has 0 radical (unpaired) electrons. The van der Waals surface area contributed by atoms with Gasteiger partial charge < -0.3 is 20.0 Å². The fourth-order valence-electron chi connectivity index (χ4n) is 5.65. The molecule has 0 spiro atoms. The number of fused-ring (bicyclic) bond motifs is 3. The summed E-state index contributed by atoms with van der Waals surface area (Å²) in [7, 11) is -4.60. The van der Waals surface area contributed by atoms with E-state index in [0.29, 0.717) is 25.7 Å². The van der Waals surface area contributed by atoms with E-state index >= 15 is 0 Å². The predicted molar refractivity (Wildman–Crippen MR) is 142 cm³/mol. The van der Waals surface area contributed by atoms with E-state index in [1.165, 1.54) is 11.3 Å². The van der Waals surface area contributed by atoms with Crippen molar-refractivity contribution in [1.29, 1.82) is 0 Å². The highest BCUT2D eigenvalue weighted by Crippen LogP contribution is 2.48. The average Bonchev–Trinajstić information content (AvgIpc) is 3.64. The molecule has 0 bridgehead atoms. The first-order chi connectivity index (χ1) is 18.9. The molecule has 0 aliphatic heterocycles. The van der Waals surface area contributed by atoms with Crippen molar-refractivity contribution in [3.8, 4) is 32.5 Å². The summed E-state index contributed by atoms with van der Waals surface area (Å²) in [5, 5.41) is 3.98. The SMILES string of the molecule is NC1(COP(=O)(O)O)CCC(c2ccc3c(c2)CCc2nc(-c4noc(-c5ccccc5)c4C(F)(F)F)sc2-3)C1. The van der Waals surface area contributed by atoms with Gasteiger partial charge in [-0.15, -0.1) is 11.3 Å². The topological polar surface area (TPSA) is 132 Å². The molecule has 2 heterocycles. The number of halogens is 3. The molecule has 40 heavy (non-hydrogen) atoms. The Kier molecular flexibility index (Phi) is 6.76. The summed E-state index contributed by atoms with van der Waals surface area (Å²) < 4.78 is 63.7. The number of thiazole rings is 1. The van der Waals surface area contributed by atoms with Crippen molar-refractivity contribution in [2.75, 3.05) is 6.61 Å². The lowest BCUT2D eigenvalue weighted by Crippen LogP contribution is -2.41. The van der Waals surface area contributed by atoms with Gasteiger partial charge >= 0.3 is 14.0 Å². The highest BCUT2D eigenvalue weighted by atomic mass is 32.1. The summed E-state index contributed by atoms with van der Waals surface area (Å²) in [6, 6.07) is 14.1. The second-order valence-corrected chi connectivity index (χ2v) is 12.6. The van der Waals surface area contributed by atoms with E-state index in [2.05, 4.69) is 20.7 Å². The number of nitrogens with two attached hydrogens (primary N) is 1. The highest BCUT2D eigenvalue weighted by Gasteiger charge is 2.43. The number of phosphoric ester groups is 1. The van der Waals surface area contributed by atoms with Crippen molar-refractivity contribution in [3.63, 3.8) is 0 Å². The molecule has 2 aliphatic carbocycles. The Hall–Kier alpha value is -2.86. The zero-order valence-corrected chi connectivity index (χ0v) is 22.7. The molecule has 4 aromatic rings. The van der Waals surface area contributed by atoms with Gasteiger partial charge in [0.2, 0.25) is 0 Å². The van der Waals surface area contributed by atoms with Crippen LogP contribution in [0.1, 0.15) is 47.6 Å². The fourth-order valence-corrected chi connectivity index (χ4v) is 7.24. The Morgan fingerprint density at radius 1 is 1.18 bits per heavy atom. The number of aryl methyl sites for hydroxylation is 2. The molecule has 2 atom stereocenters. The number of aromatic nitrogens is 2. The summed E-state index contributed by atoms with van der Waals surface area (Å²) in [5.74, 6) is -0.227. The Morgan fingerprint density at radius 3 is 2.67 bits per heavy atom. The third-order valence-corrected chi connectivity index (χ3v) is 9.15. The first-order valence-corrected chi connectivity index (χ1v) is 15.0. The molecule has 8 nitrogen and oxygen atoms in total. The molecule has 0 saturated heterocycles. The van der Waals surface area contributed by atoms with Crippen molar-refractivity contribution in [3.05, 3.63) is 70.9 Å². The Labute approximate surface area is 231 Å². The summed E-state index contributed by atoms with van der Waals surface area (Å²) >= 11 is 1.17. The molecule has 0 amide bonds. The Morgan fingerprint density at radius 2 is 1.95 bits per heavy atom. The van der Waals surface area contributed by atoms with Gasteiger partial charge in [-0.2, -0.15) is 13.2 Å². The van der Waals surface area contributed by atoms with Crippen LogP contribution in [0.2, 0.25) is 0 Å². The molecule has 2 aromatic heterocycles. The molecule has 1 fully saturated rings. The van der Waals surface area contributed by atoms with Gasteiger partial charge in [0, 0.05) is 11.1 Å². The molecular formula is C27H25F3N3O5PS. The summed E-state index contributed by atoms with van der Waals surface area (Å²) in [6.45, 7) is -0.223. The number of benzene rings is 2. The number of hydrogen-bond donors (Lipinski definition) is 3. The van der Waals surface area contributed by atoms with Crippen LogP contribution in [0.15, 0.2) is 53.1 Å². The van der Waals surface area contributed by atoms with Crippen LogP contribution in [0.5, 0.6) is 0 Å². The van der Waals surface area contributed by atoms with Crippen LogP contribution in [0.25, 0.3) is 32.5 Å². The van der Waals surface area contributed by atoms with Gasteiger partial charge in [-0.05, 0) is 54.7 Å². The third-order valence-electron chi connectivity index (χ3n) is 7.55. The minimum Gasteiger partial charge on any atom is -0.355 e. The second-order valence-electron chi connectivity index (χ2n) is 10.4. The summed E-state index contributed by atoms with van der Waals surface area (Å²) in [4.78, 5) is 23.4. The molecule has 6 rings (SSSR count). The summed E-state index contributed by atoms with van der Waals surface area (Å²) in [5.41, 5.74) is 8.38. The van der Waals surface area contributed by atoms with E-state index in [9.17, 15) is 17.7 Å². The van der Waals surface area contributed by atoms with Crippen LogP contribution < -0.4 is 5.73 Å². The smallest absolute Gasteiger partial charge is 0.355 e. The maximum absolute atomic E-state index is 14.2. The maximum Gasteiger partial charge on any atom is 0.469 e. The number of phosphoric acid groups is 1. The zero-order valence-electron chi connectivity index (χ0n) is 21.0. The van der Waals surface area contributed by atoms with E-state index in [0.717, 1.165) is 33.7 Å². The monoisotopic (exact) mass is 591 g/mol.